The Labute approximate surface area is 413 Å². The summed E-state index contributed by atoms with van der Waals surface area (Å²) in [5, 5.41) is 22.2. The number of nitrogens with one attached hydrogen (secondary N) is 2. The maximum atomic E-state index is 13.8. The summed E-state index contributed by atoms with van der Waals surface area (Å²) in [6, 6.07) is 16.5. The molecule has 3 N–H and O–H groups in total. The number of nitrogens with zero attached hydrogens (tertiary/aromatic N) is 7. The Hall–Kier alpha value is -7.84. The van der Waals surface area contributed by atoms with Crippen LogP contribution in [0, 0.1) is 6.92 Å². The van der Waals surface area contributed by atoms with Crippen molar-refractivity contribution in [3.8, 4) is 34.8 Å². The lowest BCUT2D eigenvalue weighted by Gasteiger charge is -2.34. The maximum Gasteiger partial charge on any atom is 0.343 e. The number of amides is 2. The van der Waals surface area contributed by atoms with E-state index in [0.717, 1.165) is 23.8 Å². The van der Waals surface area contributed by atoms with Gasteiger partial charge in [0.2, 0.25) is 17.7 Å². The summed E-state index contributed by atoms with van der Waals surface area (Å²) in [4.78, 5) is 76.4. The van der Waals surface area contributed by atoms with E-state index in [-0.39, 0.29) is 89.3 Å². The first kappa shape index (κ1) is 47.8. The van der Waals surface area contributed by atoms with Crippen molar-refractivity contribution in [2.75, 3.05) is 70.7 Å². The molecule has 2 aromatic carbocycles. The highest BCUT2D eigenvalue weighted by Gasteiger charge is 2.45. The van der Waals surface area contributed by atoms with Crippen molar-refractivity contribution in [3.63, 3.8) is 0 Å². The molecule has 3 aliphatic heterocycles. The fraction of sp³-hybridized carbons (Fsp3) is 0.385. The van der Waals surface area contributed by atoms with Crippen LogP contribution in [-0.4, -0.2) is 119 Å². The minimum absolute atomic E-state index is 0.00812. The highest BCUT2D eigenvalue weighted by Crippen LogP contribution is 2.43. The maximum absolute atomic E-state index is 13.8. The summed E-state index contributed by atoms with van der Waals surface area (Å²) in [7, 11) is 2.86. The smallest absolute Gasteiger partial charge is 0.343 e. The number of aromatic nitrogens is 4. The molecular formula is C52H55N9O11. The number of methoxy groups -OCH3 is 2. The Morgan fingerprint density at radius 1 is 0.958 bits per heavy atom. The number of esters is 1. The quantitative estimate of drug-likeness (QED) is 0.0638. The first-order valence-corrected chi connectivity index (χ1v) is 23.9. The zero-order chi connectivity index (χ0) is 50.5. The SMILES string of the molecule is CC[C@@]1(O)C(=O)OCc2c1cc1n(c2=O)Cc2c-1nc1ccccc1c2/C=N/OCC(=O)N1CCN(CCNc2nc(OC)c(NC(=O)c3ccc(Oc4cc5c(cc4C)CCC5(C)C)o3)c(OC)n2)CC1. The minimum Gasteiger partial charge on any atom is -0.479 e. The molecule has 10 rings (SSSR count). The largest absolute Gasteiger partial charge is 0.479 e. The number of rotatable bonds is 15. The van der Waals surface area contributed by atoms with Crippen molar-refractivity contribution in [3.05, 3.63) is 110 Å². The Kier molecular flexibility index (Phi) is 12.7. The van der Waals surface area contributed by atoms with E-state index in [1.54, 1.807) is 28.5 Å². The molecule has 0 spiro atoms. The number of piperazine rings is 1. The summed E-state index contributed by atoms with van der Waals surface area (Å²) < 4.78 is 29.8. The summed E-state index contributed by atoms with van der Waals surface area (Å²) in [6.45, 7) is 11.1. The van der Waals surface area contributed by atoms with Gasteiger partial charge in [-0.2, -0.15) is 9.97 Å². The molecule has 7 heterocycles. The van der Waals surface area contributed by atoms with Crippen molar-refractivity contribution in [2.24, 2.45) is 5.16 Å². The normalized spacial score (nSPS) is 17.8. The molecular weight excluding hydrogens is 927 g/mol. The van der Waals surface area contributed by atoms with Gasteiger partial charge < -0.3 is 53.4 Å². The Morgan fingerprint density at radius 2 is 1.72 bits per heavy atom. The predicted octanol–water partition coefficient (Wildman–Crippen LogP) is 5.66. The number of carbonyl (C=O) groups is 3. The van der Waals surface area contributed by atoms with Crippen molar-refractivity contribution in [2.45, 2.75) is 71.1 Å². The fourth-order valence-corrected chi connectivity index (χ4v) is 9.99. The number of pyridine rings is 2. The summed E-state index contributed by atoms with van der Waals surface area (Å²) in [5.41, 5.74) is 4.94. The third-order valence-corrected chi connectivity index (χ3v) is 14.2. The number of hydrogen-bond acceptors (Lipinski definition) is 17. The molecule has 0 saturated carbocycles. The number of anilines is 2. The Morgan fingerprint density at radius 3 is 2.47 bits per heavy atom. The molecule has 4 aliphatic rings. The zero-order valence-corrected chi connectivity index (χ0v) is 40.9. The number of carbonyl (C=O) groups excluding carboxylic acids is 3. The van der Waals surface area contributed by atoms with Crippen LogP contribution in [0.15, 0.2) is 69.0 Å². The van der Waals surface area contributed by atoms with E-state index in [1.807, 2.05) is 31.2 Å². The van der Waals surface area contributed by atoms with Gasteiger partial charge in [0, 0.05) is 67.4 Å². The van der Waals surface area contributed by atoms with Crippen LogP contribution < -0.4 is 30.4 Å². The van der Waals surface area contributed by atoms with Crippen LogP contribution in [0.2, 0.25) is 0 Å². The topological polar surface area (TPSA) is 234 Å². The van der Waals surface area contributed by atoms with Gasteiger partial charge in [0.1, 0.15) is 12.4 Å². The van der Waals surface area contributed by atoms with Gasteiger partial charge in [0.25, 0.3) is 23.3 Å². The first-order chi connectivity index (χ1) is 34.7. The number of oxime groups is 1. The highest BCUT2D eigenvalue weighted by molar-refractivity contribution is 6.04. The van der Waals surface area contributed by atoms with Crippen molar-refractivity contribution in [1.82, 2.24) is 29.3 Å². The molecule has 1 atom stereocenters. The van der Waals surface area contributed by atoms with Gasteiger partial charge in [-0.05, 0) is 72.6 Å². The second-order valence-corrected chi connectivity index (χ2v) is 18.9. The molecule has 20 nitrogen and oxygen atoms in total. The van der Waals surface area contributed by atoms with Gasteiger partial charge in [0.05, 0.1) is 49.4 Å². The summed E-state index contributed by atoms with van der Waals surface area (Å²) in [6.07, 6.45) is 3.68. The van der Waals surface area contributed by atoms with E-state index >= 15 is 0 Å². The van der Waals surface area contributed by atoms with Crippen molar-refractivity contribution in [1.29, 1.82) is 0 Å². The third kappa shape index (κ3) is 8.73. The number of furan rings is 1. The number of cyclic esters (lactones) is 1. The standard InChI is InChI=1S/C52H55N9O11/c1-7-52(66)36-23-38-43-33(26-61(38)48(64)34(36)27-69-49(52)65)32(31-10-8-9-11-37(31)55-43)25-54-70-28-41(62)60-20-18-59(19-21-60)17-16-53-50-57-46(67-5)44(47(58-50)68-6)56-45(63)39-12-13-42(71-39)72-40-24-35-30(22-29(40)2)14-15-51(35,3)4/h8-13,22-25,66H,7,14-21,26-28H2,1-6H3,(H,56,63)(H,53,57,58)/b54-25+/t52-/m0/s1. The highest BCUT2D eigenvalue weighted by atomic mass is 16.6. The molecule has 1 saturated heterocycles. The van der Waals surface area contributed by atoms with Crippen LogP contribution in [0.4, 0.5) is 11.6 Å². The molecule has 0 unspecified atom stereocenters. The average molecular weight is 982 g/mol. The summed E-state index contributed by atoms with van der Waals surface area (Å²) in [5.74, 6) is -0.330. The molecule has 0 bridgehead atoms. The van der Waals surface area contributed by atoms with Crippen LogP contribution in [0.5, 0.6) is 23.5 Å². The van der Waals surface area contributed by atoms with Gasteiger partial charge in [-0.25, -0.2) is 9.78 Å². The van der Waals surface area contributed by atoms with E-state index in [0.29, 0.717) is 73.0 Å². The second-order valence-electron chi connectivity index (χ2n) is 18.9. The molecule has 20 heteroatoms. The van der Waals surface area contributed by atoms with E-state index in [9.17, 15) is 24.3 Å². The molecule has 374 valence electrons. The zero-order valence-electron chi connectivity index (χ0n) is 40.9. The van der Waals surface area contributed by atoms with Gasteiger partial charge in [-0.3, -0.25) is 19.3 Å². The van der Waals surface area contributed by atoms with Crippen LogP contribution in [-0.2, 0) is 49.8 Å². The lowest BCUT2D eigenvalue weighted by molar-refractivity contribution is -0.172. The van der Waals surface area contributed by atoms with Crippen LogP contribution in [0.3, 0.4) is 0 Å². The number of fused-ring (bicyclic) bond motifs is 6. The lowest BCUT2D eigenvalue weighted by Crippen LogP contribution is -2.50. The van der Waals surface area contributed by atoms with Crippen LogP contribution in [0.25, 0.3) is 22.3 Å². The minimum atomic E-state index is -1.94. The van der Waals surface area contributed by atoms with Crippen molar-refractivity contribution >= 4 is 46.5 Å². The van der Waals surface area contributed by atoms with E-state index in [4.69, 9.17) is 33.2 Å². The molecule has 6 aromatic rings. The number of hydrogen-bond donors (Lipinski definition) is 3. The second kappa shape index (κ2) is 19.1. The first-order valence-electron chi connectivity index (χ1n) is 23.9. The molecule has 1 fully saturated rings. The Bertz CT molecular complexity index is 3220. The molecule has 72 heavy (non-hydrogen) atoms. The van der Waals surface area contributed by atoms with Gasteiger partial charge in [0.15, 0.2) is 23.7 Å². The molecule has 2 amide bonds. The van der Waals surface area contributed by atoms with Gasteiger partial charge in [-0.15, -0.1) is 0 Å². The van der Waals surface area contributed by atoms with Crippen LogP contribution >= 0.6 is 0 Å². The van der Waals surface area contributed by atoms with Gasteiger partial charge >= 0.3 is 5.97 Å². The third-order valence-electron chi connectivity index (χ3n) is 14.2. The summed E-state index contributed by atoms with van der Waals surface area (Å²) >= 11 is 0. The van der Waals surface area contributed by atoms with E-state index < -0.39 is 17.5 Å². The van der Waals surface area contributed by atoms with E-state index in [1.165, 1.54) is 37.6 Å². The predicted molar refractivity (Wildman–Crippen MR) is 264 cm³/mol. The number of ether oxygens (including phenoxy) is 4. The molecule has 0 radical (unpaired) electrons. The van der Waals surface area contributed by atoms with Crippen molar-refractivity contribution < 1.29 is 47.7 Å². The van der Waals surface area contributed by atoms with E-state index in [2.05, 4.69) is 56.6 Å². The monoisotopic (exact) mass is 981 g/mol. The lowest BCUT2D eigenvalue weighted by atomic mass is 9.86. The number of aryl methyl sites for hydroxylation is 2. The fourth-order valence-electron chi connectivity index (χ4n) is 9.99. The molecule has 1 aliphatic carbocycles. The Balaban J connectivity index is 0.717. The number of aliphatic hydroxyl groups is 1. The van der Waals surface area contributed by atoms with Gasteiger partial charge in [-0.1, -0.05) is 50.2 Å². The van der Waals surface area contributed by atoms with Crippen LogP contribution in [0.1, 0.15) is 83.1 Å². The molecule has 4 aromatic heterocycles. The average Bonchev–Trinajstić information content (AvgIpc) is 4.09. The number of para-hydroxylation sites is 1. The number of benzene rings is 2.